The van der Waals surface area contributed by atoms with Crippen molar-refractivity contribution < 1.29 is 0 Å². The Balaban J connectivity index is 1.87. The van der Waals surface area contributed by atoms with Gasteiger partial charge in [0.25, 0.3) is 0 Å². The maximum atomic E-state index is 4.69. The molecule has 0 aliphatic carbocycles. The fraction of sp³-hybridized carbons (Fsp3) is 0.562. The molecule has 0 saturated carbocycles. The van der Waals surface area contributed by atoms with Gasteiger partial charge in [-0.1, -0.05) is 15.9 Å². The standard InChI is InChI=1S/C16H25BrN4/c1-3-18-16(19-4-2)20-11-13-9-10-21(12-13)15-7-5-14(17)6-8-15/h5-8,13H,3-4,9-12H2,1-2H3,(H2,18,19,20). The van der Waals surface area contributed by atoms with Gasteiger partial charge in [-0.05, 0) is 50.5 Å². The van der Waals surface area contributed by atoms with Crippen molar-refractivity contribution in [3.63, 3.8) is 0 Å². The Bertz CT molecular complexity index is 450. The van der Waals surface area contributed by atoms with Gasteiger partial charge in [0.1, 0.15) is 0 Å². The van der Waals surface area contributed by atoms with E-state index in [0.717, 1.165) is 43.2 Å². The van der Waals surface area contributed by atoms with Gasteiger partial charge in [-0.15, -0.1) is 0 Å². The van der Waals surface area contributed by atoms with Crippen molar-refractivity contribution in [2.75, 3.05) is 37.6 Å². The Hall–Kier alpha value is -1.23. The normalized spacial score (nSPS) is 17.7. The molecule has 1 aliphatic rings. The lowest BCUT2D eigenvalue weighted by atomic mass is 10.1. The summed E-state index contributed by atoms with van der Waals surface area (Å²) >= 11 is 3.49. The average Bonchev–Trinajstić information content (AvgIpc) is 2.95. The highest BCUT2D eigenvalue weighted by atomic mass is 79.9. The number of guanidine groups is 1. The van der Waals surface area contributed by atoms with Crippen LogP contribution < -0.4 is 15.5 Å². The Morgan fingerprint density at radius 3 is 2.52 bits per heavy atom. The van der Waals surface area contributed by atoms with Crippen molar-refractivity contribution in [1.82, 2.24) is 10.6 Å². The molecule has 5 heteroatoms. The lowest BCUT2D eigenvalue weighted by Gasteiger charge is -2.18. The number of hydrogen-bond acceptors (Lipinski definition) is 2. The average molecular weight is 353 g/mol. The van der Waals surface area contributed by atoms with Gasteiger partial charge in [0.2, 0.25) is 0 Å². The van der Waals surface area contributed by atoms with Crippen molar-refractivity contribution in [2.24, 2.45) is 10.9 Å². The zero-order chi connectivity index (χ0) is 15.1. The van der Waals surface area contributed by atoms with E-state index in [4.69, 9.17) is 0 Å². The summed E-state index contributed by atoms with van der Waals surface area (Å²) < 4.78 is 1.13. The van der Waals surface area contributed by atoms with Gasteiger partial charge in [0, 0.05) is 42.9 Å². The second kappa shape index (κ2) is 8.27. The van der Waals surface area contributed by atoms with Crippen molar-refractivity contribution in [3.05, 3.63) is 28.7 Å². The van der Waals surface area contributed by atoms with Crippen LogP contribution in [0.25, 0.3) is 0 Å². The van der Waals surface area contributed by atoms with Crippen LogP contribution in [0.3, 0.4) is 0 Å². The van der Waals surface area contributed by atoms with Crippen LogP contribution >= 0.6 is 15.9 Å². The van der Waals surface area contributed by atoms with Crippen molar-refractivity contribution >= 4 is 27.6 Å². The number of rotatable bonds is 5. The molecule has 0 radical (unpaired) electrons. The first-order valence-corrected chi connectivity index (χ1v) is 8.55. The van der Waals surface area contributed by atoms with E-state index in [0.29, 0.717) is 5.92 Å². The van der Waals surface area contributed by atoms with Crippen LogP contribution in [0.2, 0.25) is 0 Å². The first kappa shape index (κ1) is 16.1. The number of hydrogen-bond donors (Lipinski definition) is 2. The summed E-state index contributed by atoms with van der Waals surface area (Å²) in [7, 11) is 0. The van der Waals surface area contributed by atoms with Gasteiger partial charge in [-0.25, -0.2) is 0 Å². The van der Waals surface area contributed by atoms with Crippen molar-refractivity contribution in [1.29, 1.82) is 0 Å². The minimum Gasteiger partial charge on any atom is -0.371 e. The van der Waals surface area contributed by atoms with E-state index in [1.165, 1.54) is 12.1 Å². The molecule has 2 N–H and O–H groups in total. The van der Waals surface area contributed by atoms with E-state index in [9.17, 15) is 0 Å². The molecule has 1 heterocycles. The van der Waals surface area contributed by atoms with Crippen LogP contribution in [-0.4, -0.2) is 38.7 Å². The lowest BCUT2D eigenvalue weighted by molar-refractivity contribution is 0.599. The summed E-state index contributed by atoms with van der Waals surface area (Å²) in [6.07, 6.45) is 1.21. The third-order valence-electron chi connectivity index (χ3n) is 3.67. The Kier molecular flexibility index (Phi) is 6.36. The second-order valence-electron chi connectivity index (χ2n) is 5.33. The maximum Gasteiger partial charge on any atom is 0.191 e. The van der Waals surface area contributed by atoms with E-state index >= 15 is 0 Å². The molecule has 0 bridgehead atoms. The lowest BCUT2D eigenvalue weighted by Crippen LogP contribution is -2.37. The molecule has 1 unspecified atom stereocenters. The number of nitrogens with one attached hydrogen (secondary N) is 2. The Morgan fingerprint density at radius 1 is 1.24 bits per heavy atom. The van der Waals surface area contributed by atoms with E-state index in [1.54, 1.807) is 0 Å². The molecule has 1 saturated heterocycles. The monoisotopic (exact) mass is 352 g/mol. The highest BCUT2D eigenvalue weighted by molar-refractivity contribution is 9.10. The minimum atomic E-state index is 0.640. The van der Waals surface area contributed by atoms with Gasteiger partial charge in [-0.3, -0.25) is 4.99 Å². The predicted molar refractivity (Wildman–Crippen MR) is 94.1 cm³/mol. The third kappa shape index (κ3) is 4.92. The molecular weight excluding hydrogens is 328 g/mol. The summed E-state index contributed by atoms with van der Waals surface area (Å²) in [6.45, 7) is 9.11. The van der Waals surface area contributed by atoms with Gasteiger partial charge >= 0.3 is 0 Å². The minimum absolute atomic E-state index is 0.640. The van der Waals surface area contributed by atoms with Gasteiger partial charge in [0.15, 0.2) is 5.96 Å². The van der Waals surface area contributed by atoms with Crippen LogP contribution in [-0.2, 0) is 0 Å². The number of benzene rings is 1. The molecule has 2 rings (SSSR count). The molecule has 0 spiro atoms. The van der Waals surface area contributed by atoms with Crippen molar-refractivity contribution in [3.8, 4) is 0 Å². The largest absolute Gasteiger partial charge is 0.371 e. The summed E-state index contributed by atoms with van der Waals surface area (Å²) in [5.41, 5.74) is 1.31. The fourth-order valence-corrected chi connectivity index (χ4v) is 2.86. The summed E-state index contributed by atoms with van der Waals surface area (Å²) in [6, 6.07) is 8.57. The van der Waals surface area contributed by atoms with Crippen LogP contribution in [0.4, 0.5) is 5.69 Å². The molecule has 1 aliphatic heterocycles. The molecule has 1 atom stereocenters. The first-order valence-electron chi connectivity index (χ1n) is 7.75. The number of aliphatic imine (C=N–C) groups is 1. The van der Waals surface area contributed by atoms with Crippen LogP contribution in [0.5, 0.6) is 0 Å². The second-order valence-corrected chi connectivity index (χ2v) is 6.24. The fourth-order valence-electron chi connectivity index (χ4n) is 2.60. The van der Waals surface area contributed by atoms with Gasteiger partial charge < -0.3 is 15.5 Å². The first-order chi connectivity index (χ1) is 10.2. The van der Waals surface area contributed by atoms with E-state index < -0.39 is 0 Å². The van der Waals surface area contributed by atoms with E-state index in [1.807, 2.05) is 0 Å². The highest BCUT2D eigenvalue weighted by Gasteiger charge is 2.22. The molecule has 1 fully saturated rings. The molecule has 1 aromatic rings. The van der Waals surface area contributed by atoms with Crippen LogP contribution in [0, 0.1) is 5.92 Å². The van der Waals surface area contributed by atoms with Crippen LogP contribution in [0.15, 0.2) is 33.7 Å². The molecule has 4 nitrogen and oxygen atoms in total. The number of nitrogens with zero attached hydrogens (tertiary/aromatic N) is 2. The smallest absolute Gasteiger partial charge is 0.191 e. The molecular formula is C16H25BrN4. The summed E-state index contributed by atoms with van der Waals surface area (Å²) in [4.78, 5) is 7.14. The highest BCUT2D eigenvalue weighted by Crippen LogP contribution is 2.25. The number of halogens is 1. The molecule has 21 heavy (non-hydrogen) atoms. The zero-order valence-corrected chi connectivity index (χ0v) is 14.5. The zero-order valence-electron chi connectivity index (χ0n) is 12.9. The van der Waals surface area contributed by atoms with E-state index in [2.05, 4.69) is 74.6 Å². The molecule has 116 valence electrons. The molecule has 1 aromatic carbocycles. The quantitative estimate of drug-likeness (QED) is 0.632. The molecule has 0 amide bonds. The Labute approximate surface area is 136 Å². The summed E-state index contributed by atoms with van der Waals surface area (Å²) in [5, 5.41) is 6.55. The third-order valence-corrected chi connectivity index (χ3v) is 4.20. The number of anilines is 1. The SMILES string of the molecule is CCNC(=NCC1CCN(c2ccc(Br)cc2)C1)NCC. The predicted octanol–water partition coefficient (Wildman–Crippen LogP) is 2.85. The Morgan fingerprint density at radius 2 is 1.90 bits per heavy atom. The summed E-state index contributed by atoms with van der Waals surface area (Å²) in [5.74, 6) is 1.57. The van der Waals surface area contributed by atoms with Gasteiger partial charge in [-0.2, -0.15) is 0 Å². The van der Waals surface area contributed by atoms with E-state index in [-0.39, 0.29) is 0 Å². The van der Waals surface area contributed by atoms with Crippen LogP contribution in [0.1, 0.15) is 20.3 Å². The molecule has 0 aromatic heterocycles. The maximum absolute atomic E-state index is 4.69. The van der Waals surface area contributed by atoms with Gasteiger partial charge in [0.05, 0.1) is 0 Å². The topological polar surface area (TPSA) is 39.7 Å². The van der Waals surface area contributed by atoms with Crippen molar-refractivity contribution in [2.45, 2.75) is 20.3 Å².